The molecule has 2 amide bonds. The first kappa shape index (κ1) is 24.1. The van der Waals surface area contributed by atoms with E-state index in [9.17, 15) is 19.2 Å². The summed E-state index contributed by atoms with van der Waals surface area (Å²) in [6.07, 6.45) is 2.11. The summed E-state index contributed by atoms with van der Waals surface area (Å²) in [4.78, 5) is 46.7. The van der Waals surface area contributed by atoms with Crippen LogP contribution >= 0.6 is 0 Å². The zero-order valence-corrected chi connectivity index (χ0v) is 17.5. The Morgan fingerprint density at radius 1 is 0.719 bits per heavy atom. The van der Waals surface area contributed by atoms with Crippen LogP contribution in [0.15, 0.2) is 73.8 Å². The molecular weight excluding hydrogens is 412 g/mol. The number of carbonyl (C=O) groups excluding carboxylic acids is 4. The number of esters is 2. The van der Waals surface area contributed by atoms with Crippen LogP contribution in [-0.2, 0) is 19.1 Å². The van der Waals surface area contributed by atoms with E-state index in [0.717, 1.165) is 23.3 Å². The SMILES string of the molecule is C=CC(=O)OCCNC(=O)c1cccc(-c2cccc(C(=O)NCCOC(=O)C=C)c2)c1. The van der Waals surface area contributed by atoms with Gasteiger partial charge in [0.2, 0.25) is 0 Å². The Hall–Kier alpha value is -4.20. The van der Waals surface area contributed by atoms with E-state index in [1.54, 1.807) is 36.4 Å². The molecule has 0 heterocycles. The molecule has 0 saturated carbocycles. The number of amides is 2. The third-order valence-corrected chi connectivity index (χ3v) is 4.18. The summed E-state index contributed by atoms with van der Waals surface area (Å²) in [5.41, 5.74) is 2.36. The van der Waals surface area contributed by atoms with Crippen LogP contribution in [0.4, 0.5) is 0 Å². The molecule has 0 fully saturated rings. The molecule has 0 spiro atoms. The zero-order chi connectivity index (χ0) is 23.3. The monoisotopic (exact) mass is 436 g/mol. The number of nitrogens with one attached hydrogen (secondary N) is 2. The van der Waals surface area contributed by atoms with Crippen molar-refractivity contribution in [2.45, 2.75) is 0 Å². The van der Waals surface area contributed by atoms with Crippen LogP contribution in [0.2, 0.25) is 0 Å². The molecule has 0 radical (unpaired) electrons. The molecule has 2 aromatic rings. The van der Waals surface area contributed by atoms with E-state index in [1.165, 1.54) is 0 Å². The van der Waals surface area contributed by atoms with Gasteiger partial charge >= 0.3 is 11.9 Å². The van der Waals surface area contributed by atoms with Crippen LogP contribution in [0.5, 0.6) is 0 Å². The summed E-state index contributed by atoms with van der Waals surface area (Å²) in [6, 6.07) is 13.9. The van der Waals surface area contributed by atoms with Crippen molar-refractivity contribution < 1.29 is 28.7 Å². The fourth-order valence-electron chi connectivity index (χ4n) is 2.63. The van der Waals surface area contributed by atoms with Crippen molar-refractivity contribution >= 4 is 23.8 Å². The highest BCUT2D eigenvalue weighted by atomic mass is 16.5. The lowest BCUT2D eigenvalue weighted by Gasteiger charge is -2.09. The summed E-state index contributed by atoms with van der Waals surface area (Å²) in [5.74, 6) is -1.74. The number of hydrogen-bond donors (Lipinski definition) is 2. The molecule has 2 aromatic carbocycles. The predicted molar refractivity (Wildman–Crippen MR) is 119 cm³/mol. The van der Waals surface area contributed by atoms with Crippen molar-refractivity contribution in [1.82, 2.24) is 10.6 Å². The number of rotatable bonds is 11. The summed E-state index contributed by atoms with van der Waals surface area (Å²) in [6.45, 7) is 7.01. The van der Waals surface area contributed by atoms with Crippen molar-refractivity contribution in [2.75, 3.05) is 26.3 Å². The van der Waals surface area contributed by atoms with E-state index in [-0.39, 0.29) is 38.1 Å². The van der Waals surface area contributed by atoms with Gasteiger partial charge < -0.3 is 20.1 Å². The van der Waals surface area contributed by atoms with Crippen LogP contribution in [0.25, 0.3) is 11.1 Å². The third kappa shape index (κ3) is 7.56. The van der Waals surface area contributed by atoms with Gasteiger partial charge in [0.1, 0.15) is 13.2 Å². The van der Waals surface area contributed by atoms with E-state index < -0.39 is 11.9 Å². The Morgan fingerprint density at radius 2 is 1.12 bits per heavy atom. The molecule has 2 rings (SSSR count). The average Bonchev–Trinajstić information content (AvgIpc) is 2.83. The number of benzene rings is 2. The quantitative estimate of drug-likeness (QED) is 0.318. The van der Waals surface area contributed by atoms with Gasteiger partial charge in [0, 0.05) is 23.3 Å². The van der Waals surface area contributed by atoms with Gasteiger partial charge in [-0.3, -0.25) is 9.59 Å². The molecule has 8 nitrogen and oxygen atoms in total. The first-order chi connectivity index (χ1) is 15.4. The topological polar surface area (TPSA) is 111 Å². The highest BCUT2D eigenvalue weighted by Crippen LogP contribution is 2.21. The summed E-state index contributed by atoms with van der Waals surface area (Å²) in [5, 5.41) is 5.34. The van der Waals surface area contributed by atoms with E-state index >= 15 is 0 Å². The molecular formula is C24H24N2O6. The maximum atomic E-state index is 12.4. The molecule has 166 valence electrons. The number of ether oxygens (including phenoxy) is 2. The largest absolute Gasteiger partial charge is 0.461 e. The summed E-state index contributed by atoms with van der Waals surface area (Å²) < 4.78 is 9.64. The molecule has 0 aliphatic carbocycles. The maximum Gasteiger partial charge on any atom is 0.330 e. The van der Waals surface area contributed by atoms with Crippen molar-refractivity contribution in [2.24, 2.45) is 0 Å². The van der Waals surface area contributed by atoms with Crippen molar-refractivity contribution in [3.8, 4) is 11.1 Å². The van der Waals surface area contributed by atoms with Crippen LogP contribution < -0.4 is 10.6 Å². The smallest absolute Gasteiger partial charge is 0.330 e. The van der Waals surface area contributed by atoms with E-state index in [4.69, 9.17) is 9.47 Å². The predicted octanol–water partition coefficient (Wildman–Crippen LogP) is 2.27. The van der Waals surface area contributed by atoms with E-state index in [1.807, 2.05) is 12.1 Å². The molecule has 0 aromatic heterocycles. The molecule has 0 bridgehead atoms. The average molecular weight is 436 g/mol. The second-order valence-electron chi connectivity index (χ2n) is 6.42. The van der Waals surface area contributed by atoms with Crippen molar-refractivity contribution in [3.05, 3.63) is 85.0 Å². The Balaban J connectivity index is 1.98. The lowest BCUT2D eigenvalue weighted by molar-refractivity contribution is -0.138. The fraction of sp³-hybridized carbons (Fsp3) is 0.167. The Bertz CT molecular complexity index is 934. The highest BCUT2D eigenvalue weighted by Gasteiger charge is 2.10. The van der Waals surface area contributed by atoms with Gasteiger partial charge in [-0.2, -0.15) is 0 Å². The summed E-state index contributed by atoms with van der Waals surface area (Å²) in [7, 11) is 0. The van der Waals surface area contributed by atoms with Crippen LogP contribution in [0.1, 0.15) is 20.7 Å². The Morgan fingerprint density at radius 3 is 1.50 bits per heavy atom. The van der Waals surface area contributed by atoms with Gasteiger partial charge in [-0.05, 0) is 35.4 Å². The fourth-order valence-corrected chi connectivity index (χ4v) is 2.63. The molecule has 32 heavy (non-hydrogen) atoms. The normalized spacial score (nSPS) is 9.88. The highest BCUT2D eigenvalue weighted by molar-refractivity contribution is 5.97. The standard InChI is InChI=1S/C24H24N2O6/c1-3-21(27)31-13-11-25-23(29)19-9-5-7-17(15-19)18-8-6-10-20(16-18)24(30)26-12-14-32-22(28)4-2/h3-10,15-16H,1-2,11-14H2,(H,25,29)(H,26,30). The first-order valence-corrected chi connectivity index (χ1v) is 9.80. The molecule has 2 N–H and O–H groups in total. The number of hydrogen-bond acceptors (Lipinski definition) is 6. The first-order valence-electron chi connectivity index (χ1n) is 9.80. The molecule has 8 heteroatoms. The Labute approximate surface area is 185 Å². The van der Waals surface area contributed by atoms with Crippen LogP contribution in [-0.4, -0.2) is 50.1 Å². The second-order valence-corrected chi connectivity index (χ2v) is 6.42. The van der Waals surface area contributed by atoms with Crippen LogP contribution in [0, 0.1) is 0 Å². The van der Waals surface area contributed by atoms with Gasteiger partial charge in [0.15, 0.2) is 0 Å². The lowest BCUT2D eigenvalue weighted by Crippen LogP contribution is -2.28. The van der Waals surface area contributed by atoms with Gasteiger partial charge in [-0.1, -0.05) is 37.4 Å². The van der Waals surface area contributed by atoms with Crippen LogP contribution in [0.3, 0.4) is 0 Å². The number of carbonyl (C=O) groups is 4. The van der Waals surface area contributed by atoms with Gasteiger partial charge in [-0.15, -0.1) is 0 Å². The second kappa shape index (κ2) is 12.5. The minimum absolute atomic E-state index is 0.0419. The zero-order valence-electron chi connectivity index (χ0n) is 17.5. The van der Waals surface area contributed by atoms with Crippen molar-refractivity contribution in [1.29, 1.82) is 0 Å². The van der Waals surface area contributed by atoms with Gasteiger partial charge in [-0.25, -0.2) is 9.59 Å². The minimum atomic E-state index is -0.553. The molecule has 0 saturated heterocycles. The minimum Gasteiger partial charge on any atom is -0.461 e. The summed E-state index contributed by atoms with van der Waals surface area (Å²) >= 11 is 0. The third-order valence-electron chi connectivity index (χ3n) is 4.18. The molecule has 0 atom stereocenters. The van der Waals surface area contributed by atoms with E-state index in [0.29, 0.717) is 11.1 Å². The lowest BCUT2D eigenvalue weighted by atomic mass is 10.0. The van der Waals surface area contributed by atoms with Crippen molar-refractivity contribution in [3.63, 3.8) is 0 Å². The molecule has 0 aliphatic rings. The van der Waals surface area contributed by atoms with Gasteiger partial charge in [0.05, 0.1) is 13.1 Å². The molecule has 0 aliphatic heterocycles. The Kier molecular flexibility index (Phi) is 9.39. The molecule has 0 unspecified atom stereocenters. The van der Waals surface area contributed by atoms with Gasteiger partial charge in [0.25, 0.3) is 11.8 Å². The maximum absolute atomic E-state index is 12.4. The van der Waals surface area contributed by atoms with E-state index in [2.05, 4.69) is 23.8 Å².